The molecule has 1 heterocycles. The van der Waals surface area contributed by atoms with E-state index in [1.54, 1.807) is 18.7 Å². The standard InChI is InChI=1S/C11H19NO2S/c1-3-4-9(2)10(13)12-7-11(14)5-6-15-8-11/h4,14H,3,5-8H2,1-2H3,(H,12,13). The maximum absolute atomic E-state index is 11.5. The molecule has 15 heavy (non-hydrogen) atoms. The highest BCUT2D eigenvalue weighted by atomic mass is 32.2. The summed E-state index contributed by atoms with van der Waals surface area (Å²) in [6.45, 7) is 4.16. The van der Waals surface area contributed by atoms with E-state index in [9.17, 15) is 9.90 Å². The Balaban J connectivity index is 2.36. The lowest BCUT2D eigenvalue weighted by Gasteiger charge is -2.21. The Labute approximate surface area is 95.3 Å². The van der Waals surface area contributed by atoms with Crippen molar-refractivity contribution in [3.05, 3.63) is 11.6 Å². The second kappa shape index (κ2) is 5.56. The minimum Gasteiger partial charge on any atom is -0.387 e. The minimum absolute atomic E-state index is 0.0674. The number of carbonyl (C=O) groups excluding carboxylic acids is 1. The third-order valence-electron chi connectivity index (χ3n) is 2.53. The third-order valence-corrected chi connectivity index (χ3v) is 3.76. The van der Waals surface area contributed by atoms with Crippen LogP contribution in [0.2, 0.25) is 0 Å². The molecule has 0 radical (unpaired) electrons. The summed E-state index contributed by atoms with van der Waals surface area (Å²) in [6, 6.07) is 0. The zero-order chi connectivity index (χ0) is 11.3. The fourth-order valence-electron chi connectivity index (χ4n) is 1.52. The van der Waals surface area contributed by atoms with Gasteiger partial charge in [-0.3, -0.25) is 4.79 Å². The van der Waals surface area contributed by atoms with Gasteiger partial charge in [-0.1, -0.05) is 13.0 Å². The molecule has 0 bridgehead atoms. The SMILES string of the molecule is CCC=C(C)C(=O)NCC1(O)CCSC1. The molecule has 1 atom stereocenters. The average molecular weight is 229 g/mol. The van der Waals surface area contributed by atoms with E-state index in [0.29, 0.717) is 6.54 Å². The summed E-state index contributed by atoms with van der Waals surface area (Å²) in [4.78, 5) is 11.5. The number of nitrogens with one attached hydrogen (secondary N) is 1. The molecule has 1 fully saturated rings. The van der Waals surface area contributed by atoms with Crippen LogP contribution in [0.25, 0.3) is 0 Å². The van der Waals surface area contributed by atoms with Crippen LogP contribution in [0.15, 0.2) is 11.6 Å². The van der Waals surface area contributed by atoms with Gasteiger partial charge in [0.05, 0.1) is 5.60 Å². The van der Waals surface area contributed by atoms with E-state index < -0.39 is 5.60 Å². The minimum atomic E-state index is -0.688. The van der Waals surface area contributed by atoms with Gasteiger partial charge in [0, 0.05) is 17.9 Å². The Kier molecular flexibility index (Phi) is 4.67. The third kappa shape index (κ3) is 3.87. The van der Waals surface area contributed by atoms with Crippen molar-refractivity contribution in [2.24, 2.45) is 0 Å². The Bertz CT molecular complexity index is 257. The van der Waals surface area contributed by atoms with Crippen LogP contribution in [0, 0.1) is 0 Å². The van der Waals surface area contributed by atoms with E-state index in [-0.39, 0.29) is 5.91 Å². The van der Waals surface area contributed by atoms with Gasteiger partial charge in [-0.2, -0.15) is 11.8 Å². The summed E-state index contributed by atoms with van der Waals surface area (Å²) >= 11 is 1.74. The summed E-state index contributed by atoms with van der Waals surface area (Å²) in [5, 5.41) is 12.8. The molecular formula is C11H19NO2S. The maximum atomic E-state index is 11.5. The molecule has 0 aliphatic carbocycles. The number of hydrogen-bond acceptors (Lipinski definition) is 3. The number of hydrogen-bond donors (Lipinski definition) is 2. The molecule has 1 rings (SSSR count). The molecule has 0 aromatic carbocycles. The van der Waals surface area contributed by atoms with Gasteiger partial charge in [-0.25, -0.2) is 0 Å². The predicted octanol–water partition coefficient (Wildman–Crippen LogP) is 1.33. The molecule has 0 spiro atoms. The second-order valence-electron chi connectivity index (χ2n) is 4.00. The molecule has 1 aliphatic rings. The van der Waals surface area contributed by atoms with E-state index in [4.69, 9.17) is 0 Å². The smallest absolute Gasteiger partial charge is 0.246 e. The molecule has 1 aliphatic heterocycles. The zero-order valence-corrected chi connectivity index (χ0v) is 10.2. The van der Waals surface area contributed by atoms with Crippen LogP contribution < -0.4 is 5.32 Å². The van der Waals surface area contributed by atoms with Crippen molar-refractivity contribution < 1.29 is 9.90 Å². The fraction of sp³-hybridized carbons (Fsp3) is 0.727. The largest absolute Gasteiger partial charge is 0.387 e. The molecule has 0 aromatic rings. The predicted molar refractivity (Wildman–Crippen MR) is 63.9 cm³/mol. The van der Waals surface area contributed by atoms with Crippen LogP contribution in [0.1, 0.15) is 26.7 Å². The molecule has 86 valence electrons. The van der Waals surface area contributed by atoms with Crippen LogP contribution in [0.5, 0.6) is 0 Å². The topological polar surface area (TPSA) is 49.3 Å². The van der Waals surface area contributed by atoms with E-state index in [1.165, 1.54) is 0 Å². The maximum Gasteiger partial charge on any atom is 0.246 e. The van der Waals surface area contributed by atoms with Crippen molar-refractivity contribution in [3.63, 3.8) is 0 Å². The van der Waals surface area contributed by atoms with Crippen LogP contribution in [0.3, 0.4) is 0 Å². The van der Waals surface area contributed by atoms with Crippen LogP contribution in [-0.4, -0.2) is 34.7 Å². The van der Waals surface area contributed by atoms with Gasteiger partial charge >= 0.3 is 0 Å². The van der Waals surface area contributed by atoms with E-state index in [1.807, 2.05) is 13.0 Å². The van der Waals surface area contributed by atoms with Gasteiger partial charge in [0.25, 0.3) is 0 Å². The molecule has 3 nitrogen and oxygen atoms in total. The quantitative estimate of drug-likeness (QED) is 0.715. The number of aliphatic hydroxyl groups is 1. The number of rotatable bonds is 4. The van der Waals surface area contributed by atoms with Crippen LogP contribution in [-0.2, 0) is 4.79 Å². The van der Waals surface area contributed by atoms with Crippen LogP contribution >= 0.6 is 11.8 Å². The van der Waals surface area contributed by atoms with Crippen molar-refractivity contribution in [1.82, 2.24) is 5.32 Å². The van der Waals surface area contributed by atoms with Gasteiger partial charge < -0.3 is 10.4 Å². The summed E-state index contributed by atoms with van der Waals surface area (Å²) in [5.41, 5.74) is 0.0408. The summed E-state index contributed by atoms with van der Waals surface area (Å²) in [5.74, 6) is 1.64. The highest BCUT2D eigenvalue weighted by molar-refractivity contribution is 7.99. The Morgan fingerprint density at radius 1 is 1.67 bits per heavy atom. The highest BCUT2D eigenvalue weighted by Crippen LogP contribution is 2.26. The molecule has 1 unspecified atom stereocenters. The lowest BCUT2D eigenvalue weighted by atomic mass is 10.0. The van der Waals surface area contributed by atoms with Gasteiger partial charge in [0.2, 0.25) is 5.91 Å². The van der Waals surface area contributed by atoms with Crippen molar-refractivity contribution in [3.8, 4) is 0 Å². The lowest BCUT2D eigenvalue weighted by Crippen LogP contribution is -2.43. The van der Waals surface area contributed by atoms with E-state index >= 15 is 0 Å². The Hall–Kier alpha value is -0.480. The molecule has 2 N–H and O–H groups in total. The number of thioether (sulfide) groups is 1. The number of amides is 1. The molecular weight excluding hydrogens is 210 g/mol. The van der Waals surface area contributed by atoms with E-state index in [2.05, 4.69) is 5.32 Å². The Morgan fingerprint density at radius 2 is 2.40 bits per heavy atom. The molecule has 4 heteroatoms. The van der Waals surface area contributed by atoms with Gasteiger partial charge in [-0.15, -0.1) is 0 Å². The summed E-state index contributed by atoms with van der Waals surface area (Å²) in [6.07, 6.45) is 3.52. The number of carbonyl (C=O) groups is 1. The first-order chi connectivity index (χ1) is 7.07. The first kappa shape index (κ1) is 12.6. The highest BCUT2D eigenvalue weighted by Gasteiger charge is 2.31. The molecule has 0 aromatic heterocycles. The first-order valence-corrected chi connectivity index (χ1v) is 6.48. The normalized spacial score (nSPS) is 26.7. The summed E-state index contributed by atoms with van der Waals surface area (Å²) < 4.78 is 0. The lowest BCUT2D eigenvalue weighted by molar-refractivity contribution is -0.118. The Morgan fingerprint density at radius 3 is 2.93 bits per heavy atom. The monoisotopic (exact) mass is 229 g/mol. The zero-order valence-electron chi connectivity index (χ0n) is 9.38. The number of allylic oxidation sites excluding steroid dienone is 1. The molecule has 1 saturated heterocycles. The second-order valence-corrected chi connectivity index (χ2v) is 5.11. The summed E-state index contributed by atoms with van der Waals surface area (Å²) in [7, 11) is 0. The van der Waals surface area contributed by atoms with Crippen molar-refractivity contribution in [2.75, 3.05) is 18.1 Å². The van der Waals surface area contributed by atoms with Crippen LogP contribution in [0.4, 0.5) is 0 Å². The van der Waals surface area contributed by atoms with E-state index in [0.717, 1.165) is 29.9 Å². The van der Waals surface area contributed by atoms with Gasteiger partial charge in [-0.05, 0) is 25.5 Å². The van der Waals surface area contributed by atoms with Gasteiger partial charge in [0.1, 0.15) is 0 Å². The molecule has 0 saturated carbocycles. The first-order valence-electron chi connectivity index (χ1n) is 5.32. The van der Waals surface area contributed by atoms with Crippen molar-refractivity contribution >= 4 is 17.7 Å². The van der Waals surface area contributed by atoms with Crippen molar-refractivity contribution in [2.45, 2.75) is 32.3 Å². The fourth-order valence-corrected chi connectivity index (χ4v) is 2.81. The average Bonchev–Trinajstić information content (AvgIpc) is 2.63. The van der Waals surface area contributed by atoms with Crippen molar-refractivity contribution in [1.29, 1.82) is 0 Å². The molecule has 1 amide bonds. The van der Waals surface area contributed by atoms with Gasteiger partial charge in [0.15, 0.2) is 0 Å².